The van der Waals surface area contributed by atoms with Crippen LogP contribution in [0.3, 0.4) is 0 Å². The van der Waals surface area contributed by atoms with Gasteiger partial charge in [-0.2, -0.15) is 0 Å². The van der Waals surface area contributed by atoms with Crippen molar-refractivity contribution >= 4 is 11.8 Å². The molecule has 1 atom stereocenters. The summed E-state index contributed by atoms with van der Waals surface area (Å²) in [5, 5.41) is 8.90. The van der Waals surface area contributed by atoms with Crippen LogP contribution in [0.1, 0.15) is 48.5 Å². The van der Waals surface area contributed by atoms with Crippen LogP contribution >= 0.6 is 0 Å². The van der Waals surface area contributed by atoms with E-state index in [4.69, 9.17) is 0 Å². The molecule has 0 spiro atoms. The number of aromatic nitrogens is 3. The Bertz CT molecular complexity index is 906. The summed E-state index contributed by atoms with van der Waals surface area (Å²) >= 11 is 0. The number of rotatable bonds is 3. The summed E-state index contributed by atoms with van der Waals surface area (Å²) in [7, 11) is 0. The molecule has 4 rings (SSSR count). The minimum absolute atomic E-state index is 0.123. The molecule has 0 unspecified atom stereocenters. The number of amides is 2. The Kier molecular flexibility index (Phi) is 5.65. The number of hydrogen-bond donors (Lipinski definition) is 0. The second-order valence-corrected chi connectivity index (χ2v) is 8.23. The van der Waals surface area contributed by atoms with Crippen molar-refractivity contribution < 1.29 is 9.59 Å². The lowest BCUT2D eigenvalue weighted by Gasteiger charge is -2.31. The van der Waals surface area contributed by atoms with Crippen molar-refractivity contribution in [2.24, 2.45) is 0 Å². The summed E-state index contributed by atoms with van der Waals surface area (Å²) < 4.78 is 2.19. The van der Waals surface area contributed by atoms with Gasteiger partial charge in [0.2, 0.25) is 11.8 Å². The molecule has 1 fully saturated rings. The van der Waals surface area contributed by atoms with Crippen molar-refractivity contribution in [3.05, 3.63) is 47.0 Å². The number of hydrogen-bond acceptors (Lipinski definition) is 4. The van der Waals surface area contributed by atoms with E-state index in [0.717, 1.165) is 43.0 Å². The molecule has 0 saturated carbocycles. The Labute approximate surface area is 171 Å². The fraction of sp³-hybridized carbons (Fsp3) is 0.545. The molecule has 154 valence electrons. The molecule has 1 aromatic heterocycles. The summed E-state index contributed by atoms with van der Waals surface area (Å²) in [6.45, 7) is 7.28. The quantitative estimate of drug-likeness (QED) is 0.796. The lowest BCUT2D eigenvalue weighted by atomic mass is 9.97. The molecule has 7 nitrogen and oxygen atoms in total. The van der Waals surface area contributed by atoms with Gasteiger partial charge in [0.1, 0.15) is 11.6 Å². The van der Waals surface area contributed by atoms with Crippen LogP contribution in [-0.2, 0) is 29.0 Å². The predicted molar refractivity (Wildman–Crippen MR) is 109 cm³/mol. The number of carbonyl (C=O) groups excluding carboxylic acids is 2. The summed E-state index contributed by atoms with van der Waals surface area (Å²) in [6.07, 6.45) is 3.17. The molecule has 29 heavy (non-hydrogen) atoms. The molecule has 0 bridgehead atoms. The highest BCUT2D eigenvalue weighted by Gasteiger charge is 2.29. The van der Waals surface area contributed by atoms with Gasteiger partial charge in [-0.15, -0.1) is 10.2 Å². The van der Waals surface area contributed by atoms with E-state index in [1.54, 1.807) is 6.92 Å². The Hall–Kier alpha value is -2.70. The van der Waals surface area contributed by atoms with Crippen molar-refractivity contribution in [1.29, 1.82) is 0 Å². The molecule has 3 heterocycles. The van der Waals surface area contributed by atoms with E-state index in [0.29, 0.717) is 32.6 Å². The first-order valence-electron chi connectivity index (χ1n) is 10.5. The summed E-state index contributed by atoms with van der Waals surface area (Å²) in [5.74, 6) is 2.43. The summed E-state index contributed by atoms with van der Waals surface area (Å²) in [5.41, 5.74) is 2.24. The molecule has 2 amide bonds. The van der Waals surface area contributed by atoms with E-state index in [1.807, 2.05) is 34.9 Å². The van der Waals surface area contributed by atoms with Crippen LogP contribution < -0.4 is 0 Å². The maximum Gasteiger partial charge on any atom is 0.227 e. The molecule has 0 radical (unpaired) electrons. The van der Waals surface area contributed by atoms with E-state index in [-0.39, 0.29) is 17.7 Å². The van der Waals surface area contributed by atoms with Gasteiger partial charge in [-0.25, -0.2) is 0 Å². The van der Waals surface area contributed by atoms with Crippen molar-refractivity contribution in [1.82, 2.24) is 24.6 Å². The Balaban J connectivity index is 1.43. The molecular weight excluding hydrogens is 366 g/mol. The molecule has 2 aliphatic rings. The van der Waals surface area contributed by atoms with Crippen LogP contribution in [0.4, 0.5) is 0 Å². The zero-order valence-electron chi connectivity index (χ0n) is 17.3. The number of piperidine rings is 1. The largest absolute Gasteiger partial charge is 0.342 e. The van der Waals surface area contributed by atoms with Crippen LogP contribution in [0.15, 0.2) is 24.3 Å². The number of nitrogens with zero attached hydrogens (tertiary/aromatic N) is 5. The average Bonchev–Trinajstić information content (AvgIpc) is 2.99. The first-order chi connectivity index (χ1) is 14.0. The number of fused-ring (bicyclic) bond motifs is 1. The van der Waals surface area contributed by atoms with E-state index in [1.165, 1.54) is 5.56 Å². The van der Waals surface area contributed by atoms with Crippen LogP contribution in [-0.4, -0.2) is 62.6 Å². The first kappa shape index (κ1) is 19.6. The zero-order valence-corrected chi connectivity index (χ0v) is 17.3. The molecule has 2 aliphatic heterocycles. The minimum atomic E-state index is 0.123. The Morgan fingerprint density at radius 2 is 1.97 bits per heavy atom. The minimum Gasteiger partial charge on any atom is -0.342 e. The monoisotopic (exact) mass is 395 g/mol. The predicted octanol–water partition coefficient (Wildman–Crippen LogP) is 1.94. The van der Waals surface area contributed by atoms with Gasteiger partial charge >= 0.3 is 0 Å². The van der Waals surface area contributed by atoms with Crippen molar-refractivity contribution in [3.8, 4) is 0 Å². The van der Waals surface area contributed by atoms with Gasteiger partial charge in [0, 0.05) is 52.0 Å². The Morgan fingerprint density at radius 3 is 2.76 bits per heavy atom. The van der Waals surface area contributed by atoms with Gasteiger partial charge in [0.25, 0.3) is 0 Å². The number of carbonyl (C=O) groups is 2. The fourth-order valence-corrected chi connectivity index (χ4v) is 4.48. The van der Waals surface area contributed by atoms with Crippen molar-refractivity contribution in [2.75, 3.05) is 26.2 Å². The van der Waals surface area contributed by atoms with E-state index in [9.17, 15) is 9.59 Å². The highest BCUT2D eigenvalue weighted by atomic mass is 16.2. The Morgan fingerprint density at radius 1 is 1.10 bits per heavy atom. The van der Waals surface area contributed by atoms with Crippen LogP contribution in [0.2, 0.25) is 0 Å². The fourth-order valence-electron chi connectivity index (χ4n) is 4.48. The molecule has 2 aromatic rings. The lowest BCUT2D eigenvalue weighted by Crippen LogP contribution is -2.38. The average molecular weight is 396 g/mol. The van der Waals surface area contributed by atoms with Crippen LogP contribution in [0.25, 0.3) is 0 Å². The second kappa shape index (κ2) is 8.35. The van der Waals surface area contributed by atoms with E-state index in [2.05, 4.69) is 20.8 Å². The maximum absolute atomic E-state index is 12.8. The molecular formula is C22H29N5O2. The maximum atomic E-state index is 12.8. The SMILES string of the molecule is CC(=O)N1CCC[C@@H](c2nnc3n2CCN(C(=O)Cc2cccc(C)c2)CC3)C1. The number of likely N-dealkylation sites (tertiary alicyclic amines) is 1. The van der Waals surface area contributed by atoms with Gasteiger partial charge < -0.3 is 14.4 Å². The topological polar surface area (TPSA) is 71.3 Å². The van der Waals surface area contributed by atoms with Gasteiger partial charge in [0.15, 0.2) is 0 Å². The highest BCUT2D eigenvalue weighted by molar-refractivity contribution is 5.78. The highest BCUT2D eigenvalue weighted by Crippen LogP contribution is 2.27. The van der Waals surface area contributed by atoms with Crippen molar-refractivity contribution in [2.45, 2.75) is 52.0 Å². The van der Waals surface area contributed by atoms with Gasteiger partial charge in [-0.05, 0) is 25.3 Å². The summed E-state index contributed by atoms with van der Waals surface area (Å²) in [4.78, 5) is 28.5. The van der Waals surface area contributed by atoms with E-state index >= 15 is 0 Å². The van der Waals surface area contributed by atoms with E-state index < -0.39 is 0 Å². The smallest absolute Gasteiger partial charge is 0.227 e. The van der Waals surface area contributed by atoms with Crippen LogP contribution in [0, 0.1) is 6.92 Å². The third-order valence-corrected chi connectivity index (χ3v) is 6.08. The number of benzene rings is 1. The zero-order chi connectivity index (χ0) is 20.4. The molecule has 0 N–H and O–H groups in total. The standard InChI is InChI=1S/C22H29N5O2/c1-16-5-3-6-18(13-16)14-21(29)25-10-8-20-23-24-22(27(20)12-11-25)19-7-4-9-26(15-19)17(2)28/h3,5-6,13,19H,4,7-12,14-15H2,1-2H3/t19-/m1/s1. The molecule has 1 saturated heterocycles. The third-order valence-electron chi connectivity index (χ3n) is 6.08. The van der Waals surface area contributed by atoms with Gasteiger partial charge in [-0.1, -0.05) is 29.8 Å². The van der Waals surface area contributed by atoms with Crippen molar-refractivity contribution in [3.63, 3.8) is 0 Å². The summed E-state index contributed by atoms with van der Waals surface area (Å²) in [6, 6.07) is 8.14. The van der Waals surface area contributed by atoms with Crippen LogP contribution in [0.5, 0.6) is 0 Å². The lowest BCUT2D eigenvalue weighted by molar-refractivity contribution is -0.131. The first-order valence-corrected chi connectivity index (χ1v) is 10.5. The number of aryl methyl sites for hydroxylation is 1. The van der Waals surface area contributed by atoms with Gasteiger partial charge in [0.05, 0.1) is 6.42 Å². The third kappa shape index (κ3) is 4.33. The molecule has 0 aliphatic carbocycles. The van der Waals surface area contributed by atoms with Gasteiger partial charge in [-0.3, -0.25) is 9.59 Å². The molecule has 7 heteroatoms. The second-order valence-electron chi connectivity index (χ2n) is 8.23. The molecule has 1 aromatic carbocycles. The normalized spacial score (nSPS) is 19.6.